The zero-order chi connectivity index (χ0) is 11.7. The maximum Gasteiger partial charge on any atom is 0.353 e. The van der Waals surface area contributed by atoms with Crippen LogP contribution in [0.2, 0.25) is 0 Å². The summed E-state index contributed by atoms with van der Waals surface area (Å²) in [6, 6.07) is 8.20. The molecule has 2 aromatic rings. The third-order valence-electron chi connectivity index (χ3n) is 2.45. The lowest BCUT2D eigenvalue weighted by Crippen LogP contribution is -2.05. The zero-order valence-corrected chi connectivity index (χ0v) is 8.71. The molecule has 16 heavy (non-hydrogen) atoms. The Morgan fingerprint density at radius 1 is 1.19 bits per heavy atom. The van der Waals surface area contributed by atoms with Gasteiger partial charge < -0.3 is 14.8 Å². The molecule has 0 atom stereocenters. The fourth-order valence-corrected chi connectivity index (χ4v) is 1.67. The molecule has 0 saturated heterocycles. The van der Waals surface area contributed by atoms with Gasteiger partial charge in [0, 0.05) is 18.8 Å². The number of rotatable bonds is 2. The number of carboxylic acid groups (broad SMARTS) is 1. The smallest absolute Gasteiger partial charge is 0.353 e. The quantitative estimate of drug-likeness (QED) is 0.809. The van der Waals surface area contributed by atoms with Crippen LogP contribution in [-0.4, -0.2) is 20.7 Å². The molecule has 4 heteroatoms. The van der Waals surface area contributed by atoms with Gasteiger partial charge in [0.2, 0.25) is 0 Å². The number of benzene rings is 1. The molecular formula is C12H11NO3. The van der Waals surface area contributed by atoms with Crippen LogP contribution in [0.1, 0.15) is 10.5 Å². The topological polar surface area (TPSA) is 62.5 Å². The first kappa shape index (κ1) is 10.3. The number of aromatic nitrogens is 1. The maximum atomic E-state index is 11.1. The number of carbonyl (C=O) groups is 1. The first-order valence-corrected chi connectivity index (χ1v) is 4.77. The summed E-state index contributed by atoms with van der Waals surface area (Å²) in [6.07, 6.45) is 1.70. The molecule has 0 spiro atoms. The van der Waals surface area contributed by atoms with Gasteiger partial charge in [0.25, 0.3) is 0 Å². The van der Waals surface area contributed by atoms with E-state index < -0.39 is 5.97 Å². The van der Waals surface area contributed by atoms with Crippen molar-refractivity contribution in [2.75, 3.05) is 0 Å². The molecule has 0 saturated carbocycles. The summed E-state index contributed by atoms with van der Waals surface area (Å²) in [6.45, 7) is 0. The Hall–Kier alpha value is -2.23. The molecule has 0 aliphatic rings. The fourth-order valence-electron chi connectivity index (χ4n) is 1.67. The van der Waals surface area contributed by atoms with Gasteiger partial charge in [0.1, 0.15) is 11.4 Å². The van der Waals surface area contributed by atoms with Crippen molar-refractivity contribution >= 4 is 5.97 Å². The minimum absolute atomic E-state index is 0.163. The summed E-state index contributed by atoms with van der Waals surface area (Å²) in [5, 5.41) is 18.2. The number of phenols is 1. The van der Waals surface area contributed by atoms with Crippen molar-refractivity contribution in [1.82, 2.24) is 4.57 Å². The Balaban J connectivity index is 2.56. The number of carboxylic acids is 1. The Kier molecular flexibility index (Phi) is 2.40. The van der Waals surface area contributed by atoms with Crippen LogP contribution in [0.3, 0.4) is 0 Å². The van der Waals surface area contributed by atoms with Gasteiger partial charge in [-0.25, -0.2) is 4.79 Å². The standard InChI is InChI=1S/C12H11NO3/c1-13-7-6-10(11(13)12(15)16)8-2-4-9(14)5-3-8/h2-7,14H,1H3,(H,15,16). The van der Waals surface area contributed by atoms with Crippen LogP contribution >= 0.6 is 0 Å². The molecule has 0 amide bonds. The van der Waals surface area contributed by atoms with Crippen LogP contribution in [-0.2, 0) is 7.05 Å². The van der Waals surface area contributed by atoms with E-state index in [1.807, 2.05) is 0 Å². The van der Waals surface area contributed by atoms with E-state index >= 15 is 0 Å². The minimum atomic E-state index is -0.962. The third kappa shape index (κ3) is 1.65. The molecule has 0 bridgehead atoms. The molecule has 0 aliphatic carbocycles. The first-order valence-electron chi connectivity index (χ1n) is 4.77. The maximum absolute atomic E-state index is 11.1. The fraction of sp³-hybridized carbons (Fsp3) is 0.0833. The molecule has 1 aromatic heterocycles. The average Bonchev–Trinajstić information content (AvgIpc) is 2.61. The Bertz CT molecular complexity index is 526. The highest BCUT2D eigenvalue weighted by Crippen LogP contribution is 2.26. The molecule has 2 rings (SSSR count). The van der Waals surface area contributed by atoms with Crippen molar-refractivity contribution in [3.8, 4) is 16.9 Å². The zero-order valence-electron chi connectivity index (χ0n) is 8.71. The van der Waals surface area contributed by atoms with E-state index in [9.17, 15) is 4.79 Å². The van der Waals surface area contributed by atoms with E-state index in [-0.39, 0.29) is 11.4 Å². The predicted molar refractivity (Wildman–Crippen MR) is 59.5 cm³/mol. The predicted octanol–water partition coefficient (Wildman–Crippen LogP) is 2.10. The second-order valence-electron chi connectivity index (χ2n) is 3.54. The van der Waals surface area contributed by atoms with E-state index in [1.165, 1.54) is 12.1 Å². The van der Waals surface area contributed by atoms with Gasteiger partial charge in [-0.15, -0.1) is 0 Å². The van der Waals surface area contributed by atoms with Gasteiger partial charge in [-0.05, 0) is 23.8 Å². The van der Waals surface area contributed by atoms with Gasteiger partial charge in [0.15, 0.2) is 0 Å². The first-order chi connectivity index (χ1) is 7.59. The summed E-state index contributed by atoms with van der Waals surface area (Å²) >= 11 is 0. The molecule has 1 heterocycles. The molecule has 1 aromatic carbocycles. The summed E-state index contributed by atoms with van der Waals surface area (Å²) in [5.74, 6) is -0.799. The van der Waals surface area contributed by atoms with Gasteiger partial charge >= 0.3 is 5.97 Å². The summed E-state index contributed by atoms with van der Waals surface area (Å²) in [4.78, 5) is 11.1. The molecule has 0 unspecified atom stereocenters. The van der Waals surface area contributed by atoms with E-state index in [2.05, 4.69) is 0 Å². The Morgan fingerprint density at radius 3 is 2.38 bits per heavy atom. The number of hydrogen-bond donors (Lipinski definition) is 2. The van der Waals surface area contributed by atoms with Crippen LogP contribution in [0.5, 0.6) is 5.75 Å². The number of aryl methyl sites for hydroxylation is 1. The molecule has 82 valence electrons. The van der Waals surface area contributed by atoms with Crippen molar-refractivity contribution in [2.24, 2.45) is 7.05 Å². The highest BCUT2D eigenvalue weighted by molar-refractivity contribution is 5.94. The number of nitrogens with zero attached hydrogens (tertiary/aromatic N) is 1. The normalized spacial score (nSPS) is 10.3. The lowest BCUT2D eigenvalue weighted by Gasteiger charge is -2.03. The summed E-state index contributed by atoms with van der Waals surface area (Å²) in [5.41, 5.74) is 1.66. The van der Waals surface area contributed by atoms with Gasteiger partial charge in [0.05, 0.1) is 0 Å². The van der Waals surface area contributed by atoms with Crippen molar-refractivity contribution in [1.29, 1.82) is 0 Å². The number of aromatic hydroxyl groups is 1. The minimum Gasteiger partial charge on any atom is -0.508 e. The largest absolute Gasteiger partial charge is 0.508 e. The van der Waals surface area contributed by atoms with Crippen LogP contribution in [0, 0.1) is 0 Å². The van der Waals surface area contributed by atoms with E-state index in [0.29, 0.717) is 5.56 Å². The lowest BCUT2D eigenvalue weighted by atomic mass is 10.1. The van der Waals surface area contributed by atoms with E-state index in [0.717, 1.165) is 5.56 Å². The van der Waals surface area contributed by atoms with E-state index in [1.54, 1.807) is 36.0 Å². The van der Waals surface area contributed by atoms with Crippen molar-refractivity contribution in [3.05, 3.63) is 42.2 Å². The average molecular weight is 217 g/mol. The lowest BCUT2D eigenvalue weighted by molar-refractivity contribution is 0.0687. The van der Waals surface area contributed by atoms with Gasteiger partial charge in [-0.3, -0.25) is 0 Å². The molecule has 0 fully saturated rings. The Morgan fingerprint density at radius 2 is 1.81 bits per heavy atom. The molecule has 0 aliphatic heterocycles. The third-order valence-corrected chi connectivity index (χ3v) is 2.45. The number of aromatic carboxylic acids is 1. The monoisotopic (exact) mass is 217 g/mol. The highest BCUT2D eigenvalue weighted by Gasteiger charge is 2.15. The Labute approximate surface area is 92.4 Å². The number of hydrogen-bond acceptors (Lipinski definition) is 2. The van der Waals surface area contributed by atoms with E-state index in [4.69, 9.17) is 10.2 Å². The summed E-state index contributed by atoms with van der Waals surface area (Å²) < 4.78 is 1.56. The van der Waals surface area contributed by atoms with Crippen LogP contribution < -0.4 is 0 Å². The molecule has 0 radical (unpaired) electrons. The molecule has 2 N–H and O–H groups in total. The van der Waals surface area contributed by atoms with Gasteiger partial charge in [-0.2, -0.15) is 0 Å². The van der Waals surface area contributed by atoms with Crippen molar-refractivity contribution in [2.45, 2.75) is 0 Å². The molecule has 4 nitrogen and oxygen atoms in total. The van der Waals surface area contributed by atoms with Crippen LogP contribution in [0.15, 0.2) is 36.5 Å². The summed E-state index contributed by atoms with van der Waals surface area (Å²) in [7, 11) is 1.69. The second kappa shape index (κ2) is 3.73. The van der Waals surface area contributed by atoms with Crippen molar-refractivity contribution < 1.29 is 15.0 Å². The highest BCUT2D eigenvalue weighted by atomic mass is 16.4. The van der Waals surface area contributed by atoms with Crippen LogP contribution in [0.25, 0.3) is 11.1 Å². The second-order valence-corrected chi connectivity index (χ2v) is 3.54. The van der Waals surface area contributed by atoms with Crippen molar-refractivity contribution in [3.63, 3.8) is 0 Å². The SMILES string of the molecule is Cn1ccc(-c2ccc(O)cc2)c1C(=O)O. The molecular weight excluding hydrogens is 206 g/mol. The van der Waals surface area contributed by atoms with Crippen LogP contribution in [0.4, 0.5) is 0 Å². The number of phenolic OH excluding ortho intramolecular Hbond substituents is 1. The van der Waals surface area contributed by atoms with Gasteiger partial charge in [-0.1, -0.05) is 12.1 Å².